The molecule has 1 N–H and O–H groups in total. The van der Waals surface area contributed by atoms with Gasteiger partial charge in [-0.05, 0) is 42.8 Å². The molecular formula is C20H18F2N2O3S. The molecule has 3 rings (SSSR count). The van der Waals surface area contributed by atoms with Gasteiger partial charge in [-0.1, -0.05) is 18.2 Å². The van der Waals surface area contributed by atoms with Crippen LogP contribution in [0.2, 0.25) is 0 Å². The van der Waals surface area contributed by atoms with E-state index < -0.39 is 6.61 Å². The summed E-state index contributed by atoms with van der Waals surface area (Å²) < 4.78 is 34.0. The molecule has 1 amide bonds. The number of nitrogens with one attached hydrogen (secondary N) is 1. The van der Waals surface area contributed by atoms with Crippen molar-refractivity contribution in [3.05, 3.63) is 64.5 Å². The molecule has 0 fully saturated rings. The van der Waals surface area contributed by atoms with E-state index in [4.69, 9.17) is 4.74 Å². The first kappa shape index (κ1) is 19.9. The number of carbonyl (C=O) groups excluding carboxylic acids is 1. The summed E-state index contributed by atoms with van der Waals surface area (Å²) in [6.07, 6.45) is 0. The maximum Gasteiger partial charge on any atom is 0.387 e. The summed E-state index contributed by atoms with van der Waals surface area (Å²) >= 11 is 1.34. The third-order valence-corrected chi connectivity index (χ3v) is 4.82. The fourth-order valence-electron chi connectivity index (χ4n) is 2.70. The molecule has 1 aromatic heterocycles. The number of thiazole rings is 1. The number of methoxy groups -OCH3 is 1. The van der Waals surface area contributed by atoms with Gasteiger partial charge in [0.05, 0.1) is 12.3 Å². The predicted octanol–water partition coefficient (Wildman–Crippen LogP) is 5.12. The van der Waals surface area contributed by atoms with Gasteiger partial charge in [0.1, 0.15) is 5.75 Å². The first-order chi connectivity index (χ1) is 13.5. The van der Waals surface area contributed by atoms with Gasteiger partial charge in [0.2, 0.25) is 0 Å². The molecule has 0 aliphatic heterocycles. The van der Waals surface area contributed by atoms with Crippen molar-refractivity contribution >= 4 is 22.4 Å². The number of carbonyl (C=O) groups is 1. The molecule has 3 aromatic rings. The Morgan fingerprint density at radius 1 is 1.18 bits per heavy atom. The van der Waals surface area contributed by atoms with Gasteiger partial charge >= 0.3 is 6.61 Å². The molecule has 0 bridgehead atoms. The smallest absolute Gasteiger partial charge is 0.387 e. The van der Waals surface area contributed by atoms with E-state index in [1.165, 1.54) is 23.5 Å². The fourth-order valence-corrected chi connectivity index (χ4v) is 3.53. The number of amides is 1. The van der Waals surface area contributed by atoms with Gasteiger partial charge in [-0.25, -0.2) is 4.98 Å². The molecule has 0 atom stereocenters. The van der Waals surface area contributed by atoms with Crippen LogP contribution in [0.5, 0.6) is 5.75 Å². The Morgan fingerprint density at radius 3 is 2.57 bits per heavy atom. The van der Waals surface area contributed by atoms with Crippen LogP contribution in [-0.2, 0) is 11.3 Å². The second kappa shape index (κ2) is 8.90. The minimum atomic E-state index is -2.87. The number of benzene rings is 2. The number of rotatable bonds is 7. The van der Waals surface area contributed by atoms with E-state index in [1.807, 2.05) is 19.1 Å². The van der Waals surface area contributed by atoms with Crippen LogP contribution in [0.3, 0.4) is 0 Å². The first-order valence-corrected chi connectivity index (χ1v) is 9.20. The van der Waals surface area contributed by atoms with Crippen molar-refractivity contribution in [2.24, 2.45) is 0 Å². The molecule has 0 radical (unpaired) electrons. The van der Waals surface area contributed by atoms with Crippen LogP contribution in [0.4, 0.5) is 13.9 Å². The summed E-state index contributed by atoms with van der Waals surface area (Å²) in [4.78, 5) is 18.0. The van der Waals surface area contributed by atoms with Crippen LogP contribution in [0.15, 0.2) is 48.5 Å². The van der Waals surface area contributed by atoms with Gasteiger partial charge in [0, 0.05) is 23.1 Å². The van der Waals surface area contributed by atoms with Crippen LogP contribution in [0.25, 0.3) is 11.3 Å². The Kier molecular flexibility index (Phi) is 6.33. The number of halogens is 2. The first-order valence-electron chi connectivity index (χ1n) is 8.39. The van der Waals surface area contributed by atoms with Crippen molar-refractivity contribution in [1.29, 1.82) is 0 Å². The molecule has 0 unspecified atom stereocenters. The highest BCUT2D eigenvalue weighted by Gasteiger charge is 2.16. The number of aromatic nitrogens is 1. The third-order valence-electron chi connectivity index (χ3n) is 3.93. The summed E-state index contributed by atoms with van der Waals surface area (Å²) in [7, 11) is 1.57. The molecule has 1 heterocycles. The topological polar surface area (TPSA) is 60.5 Å². The Morgan fingerprint density at radius 2 is 1.89 bits per heavy atom. The maximum absolute atomic E-state index is 12.6. The number of aryl methyl sites for hydroxylation is 1. The number of ether oxygens (including phenoxy) is 2. The van der Waals surface area contributed by atoms with E-state index in [9.17, 15) is 13.6 Å². The summed E-state index contributed by atoms with van der Waals surface area (Å²) in [6.45, 7) is -0.654. The standard InChI is InChI=1S/C20H18F2N2O3S/c1-12-17(13-7-9-15(10-8-13)27-19(21)22)23-20(28-12)24-18(25)16-6-4-3-5-14(16)11-26-2/h3-10,19H,11H2,1-2H3,(H,23,24,25). The average molecular weight is 404 g/mol. The van der Waals surface area contributed by atoms with Gasteiger partial charge in [-0.15, -0.1) is 11.3 Å². The average Bonchev–Trinajstić information content (AvgIpc) is 3.02. The van der Waals surface area contributed by atoms with Crippen LogP contribution in [0.1, 0.15) is 20.8 Å². The second-order valence-electron chi connectivity index (χ2n) is 5.87. The minimum Gasteiger partial charge on any atom is -0.435 e. The minimum absolute atomic E-state index is 0.0786. The van der Waals surface area contributed by atoms with Crippen molar-refractivity contribution < 1.29 is 23.0 Å². The molecule has 0 spiro atoms. The van der Waals surface area contributed by atoms with Gasteiger partial charge in [0.25, 0.3) is 5.91 Å². The Balaban J connectivity index is 1.78. The summed E-state index contributed by atoms with van der Waals surface area (Å²) in [5.41, 5.74) is 2.72. The molecular weight excluding hydrogens is 386 g/mol. The van der Waals surface area contributed by atoms with Crippen molar-refractivity contribution in [2.45, 2.75) is 20.1 Å². The van der Waals surface area contributed by atoms with E-state index in [1.54, 1.807) is 31.4 Å². The Bertz CT molecular complexity index is 958. The van der Waals surface area contributed by atoms with Crippen LogP contribution in [-0.4, -0.2) is 24.6 Å². The lowest BCUT2D eigenvalue weighted by atomic mass is 10.1. The maximum atomic E-state index is 12.6. The second-order valence-corrected chi connectivity index (χ2v) is 7.07. The molecule has 0 saturated carbocycles. The molecule has 0 aliphatic rings. The number of anilines is 1. The van der Waals surface area contributed by atoms with Crippen molar-refractivity contribution in [3.8, 4) is 17.0 Å². The zero-order valence-electron chi connectivity index (χ0n) is 15.2. The van der Waals surface area contributed by atoms with E-state index in [-0.39, 0.29) is 11.7 Å². The van der Waals surface area contributed by atoms with Gasteiger partial charge in [-0.3, -0.25) is 10.1 Å². The number of hydrogen-bond donors (Lipinski definition) is 1. The number of alkyl halides is 2. The highest BCUT2D eigenvalue weighted by molar-refractivity contribution is 7.16. The molecule has 2 aromatic carbocycles. The molecule has 0 aliphatic carbocycles. The highest BCUT2D eigenvalue weighted by atomic mass is 32.1. The zero-order chi connectivity index (χ0) is 20.1. The van der Waals surface area contributed by atoms with Crippen molar-refractivity contribution in [3.63, 3.8) is 0 Å². The molecule has 28 heavy (non-hydrogen) atoms. The Hall–Kier alpha value is -2.84. The normalized spacial score (nSPS) is 10.9. The quantitative estimate of drug-likeness (QED) is 0.594. The lowest BCUT2D eigenvalue weighted by molar-refractivity contribution is -0.0498. The van der Waals surface area contributed by atoms with Crippen LogP contribution < -0.4 is 10.1 Å². The van der Waals surface area contributed by atoms with E-state index in [2.05, 4.69) is 15.0 Å². The summed E-state index contributed by atoms with van der Waals surface area (Å²) in [5.74, 6) is -0.191. The number of hydrogen-bond acceptors (Lipinski definition) is 5. The van der Waals surface area contributed by atoms with E-state index in [0.29, 0.717) is 23.0 Å². The van der Waals surface area contributed by atoms with Crippen LogP contribution >= 0.6 is 11.3 Å². The lowest BCUT2D eigenvalue weighted by Gasteiger charge is -2.07. The molecule has 5 nitrogen and oxygen atoms in total. The largest absolute Gasteiger partial charge is 0.435 e. The Labute approximate surface area is 164 Å². The van der Waals surface area contributed by atoms with Crippen molar-refractivity contribution in [2.75, 3.05) is 12.4 Å². The summed E-state index contributed by atoms with van der Waals surface area (Å²) in [5, 5.41) is 3.27. The van der Waals surface area contributed by atoms with E-state index >= 15 is 0 Å². The lowest BCUT2D eigenvalue weighted by Crippen LogP contribution is -2.14. The van der Waals surface area contributed by atoms with Gasteiger partial charge < -0.3 is 9.47 Å². The van der Waals surface area contributed by atoms with E-state index in [0.717, 1.165) is 16.0 Å². The van der Waals surface area contributed by atoms with Gasteiger partial charge in [0.15, 0.2) is 5.13 Å². The molecule has 8 heteroatoms. The molecule has 146 valence electrons. The zero-order valence-corrected chi connectivity index (χ0v) is 16.1. The third kappa shape index (κ3) is 4.71. The summed E-state index contributed by atoms with van der Waals surface area (Å²) in [6, 6.07) is 13.4. The predicted molar refractivity (Wildman–Crippen MR) is 104 cm³/mol. The molecule has 0 saturated heterocycles. The fraction of sp³-hybridized carbons (Fsp3) is 0.200. The number of nitrogens with zero attached hydrogens (tertiary/aromatic N) is 1. The SMILES string of the molecule is COCc1ccccc1C(=O)Nc1nc(-c2ccc(OC(F)F)cc2)c(C)s1. The highest BCUT2D eigenvalue weighted by Crippen LogP contribution is 2.32. The monoisotopic (exact) mass is 404 g/mol. The van der Waals surface area contributed by atoms with Crippen LogP contribution in [0, 0.1) is 6.92 Å². The van der Waals surface area contributed by atoms with Crippen molar-refractivity contribution in [1.82, 2.24) is 4.98 Å². The van der Waals surface area contributed by atoms with Gasteiger partial charge in [-0.2, -0.15) is 8.78 Å².